The minimum Gasteiger partial charge on any atom is -0.497 e. The van der Waals surface area contributed by atoms with Crippen LogP contribution in [0.25, 0.3) is 11.1 Å². The molecule has 0 aliphatic heterocycles. The number of esters is 1. The number of hydrogen-bond donors (Lipinski definition) is 1. The van der Waals surface area contributed by atoms with E-state index in [0.29, 0.717) is 27.6 Å². The fourth-order valence-electron chi connectivity index (χ4n) is 3.10. The van der Waals surface area contributed by atoms with E-state index >= 15 is 0 Å². The van der Waals surface area contributed by atoms with E-state index in [-0.39, 0.29) is 12.5 Å². The van der Waals surface area contributed by atoms with Gasteiger partial charge in [-0.15, -0.1) is 11.3 Å². The molecule has 0 fully saturated rings. The molecule has 30 heavy (non-hydrogen) atoms. The Morgan fingerprint density at radius 3 is 2.20 bits per heavy atom. The maximum Gasteiger partial charge on any atom is 0.341 e. The predicted octanol–water partition coefficient (Wildman–Crippen LogP) is 5.17. The van der Waals surface area contributed by atoms with E-state index in [4.69, 9.17) is 14.2 Å². The molecule has 0 unspecified atom stereocenters. The standard InChI is InChI=1S/C23H23NO5S/c1-5-29-23(26)20-19(15-9-7-6-8-10-15)14(2)30-22(20)24-21(25)16-11-17(27-3)13-18(12-16)28-4/h6-13H,5H2,1-4H3,(H,24,25). The third-order valence-corrected chi connectivity index (χ3v) is 5.49. The highest BCUT2D eigenvalue weighted by Crippen LogP contribution is 2.40. The first-order valence-corrected chi connectivity index (χ1v) is 10.2. The van der Waals surface area contributed by atoms with E-state index in [9.17, 15) is 9.59 Å². The number of carbonyl (C=O) groups excluding carboxylic acids is 2. The van der Waals surface area contributed by atoms with Gasteiger partial charge in [0, 0.05) is 22.1 Å². The van der Waals surface area contributed by atoms with Crippen LogP contribution in [0.15, 0.2) is 48.5 Å². The highest BCUT2D eigenvalue weighted by molar-refractivity contribution is 7.17. The van der Waals surface area contributed by atoms with Crippen LogP contribution >= 0.6 is 11.3 Å². The molecule has 0 aliphatic carbocycles. The van der Waals surface area contributed by atoms with Crippen LogP contribution in [-0.4, -0.2) is 32.7 Å². The molecule has 1 N–H and O–H groups in total. The van der Waals surface area contributed by atoms with Crippen LogP contribution in [0.2, 0.25) is 0 Å². The van der Waals surface area contributed by atoms with E-state index < -0.39 is 5.97 Å². The lowest BCUT2D eigenvalue weighted by molar-refractivity contribution is 0.0529. The Balaban J connectivity index is 2.04. The number of anilines is 1. The Labute approximate surface area is 179 Å². The van der Waals surface area contributed by atoms with Crippen LogP contribution in [0.1, 0.15) is 32.5 Å². The van der Waals surface area contributed by atoms with Gasteiger partial charge in [0.05, 0.1) is 20.8 Å². The van der Waals surface area contributed by atoms with Crippen molar-refractivity contribution in [1.82, 2.24) is 0 Å². The summed E-state index contributed by atoms with van der Waals surface area (Å²) < 4.78 is 15.8. The normalized spacial score (nSPS) is 10.4. The Morgan fingerprint density at radius 1 is 1.00 bits per heavy atom. The molecule has 0 saturated carbocycles. The van der Waals surface area contributed by atoms with Crippen LogP contribution < -0.4 is 14.8 Å². The molecule has 156 valence electrons. The lowest BCUT2D eigenvalue weighted by atomic mass is 10.0. The summed E-state index contributed by atoms with van der Waals surface area (Å²) in [5.41, 5.74) is 2.36. The van der Waals surface area contributed by atoms with Crippen LogP contribution in [0.3, 0.4) is 0 Å². The zero-order valence-electron chi connectivity index (χ0n) is 17.3. The number of hydrogen-bond acceptors (Lipinski definition) is 6. The van der Waals surface area contributed by atoms with Crippen LogP contribution in [0.4, 0.5) is 5.00 Å². The molecule has 0 bridgehead atoms. The van der Waals surface area contributed by atoms with Crippen molar-refractivity contribution >= 4 is 28.2 Å². The number of carbonyl (C=O) groups is 2. The number of ether oxygens (including phenoxy) is 3. The second-order valence-corrected chi connectivity index (χ2v) is 7.60. The molecule has 3 rings (SSSR count). The van der Waals surface area contributed by atoms with Crippen molar-refractivity contribution < 1.29 is 23.8 Å². The summed E-state index contributed by atoms with van der Waals surface area (Å²) in [6.45, 7) is 3.91. The van der Waals surface area contributed by atoms with Crippen molar-refractivity contribution in [3.05, 3.63) is 64.5 Å². The summed E-state index contributed by atoms with van der Waals surface area (Å²) in [7, 11) is 3.04. The summed E-state index contributed by atoms with van der Waals surface area (Å²) in [5.74, 6) is 0.146. The first-order valence-electron chi connectivity index (χ1n) is 9.38. The molecule has 1 heterocycles. The minimum atomic E-state index is -0.473. The first-order chi connectivity index (χ1) is 14.5. The lowest BCUT2D eigenvalue weighted by Gasteiger charge is -2.11. The zero-order chi connectivity index (χ0) is 21.7. The summed E-state index contributed by atoms with van der Waals surface area (Å²) in [6, 6.07) is 14.5. The molecule has 0 atom stereocenters. The van der Waals surface area contributed by atoms with Gasteiger partial charge in [-0.25, -0.2) is 4.79 Å². The van der Waals surface area contributed by atoms with E-state index in [2.05, 4.69) is 5.32 Å². The van der Waals surface area contributed by atoms with Crippen molar-refractivity contribution in [3.63, 3.8) is 0 Å². The fraction of sp³-hybridized carbons (Fsp3) is 0.217. The number of benzene rings is 2. The quantitative estimate of drug-likeness (QED) is 0.529. The average Bonchev–Trinajstić information content (AvgIpc) is 3.09. The van der Waals surface area contributed by atoms with Gasteiger partial charge in [0.2, 0.25) is 0 Å². The monoisotopic (exact) mass is 425 g/mol. The number of nitrogens with one attached hydrogen (secondary N) is 1. The molecule has 2 aromatic carbocycles. The summed E-state index contributed by atoms with van der Waals surface area (Å²) in [5, 5.41) is 3.31. The van der Waals surface area contributed by atoms with Gasteiger partial charge in [0.1, 0.15) is 22.1 Å². The van der Waals surface area contributed by atoms with E-state index in [0.717, 1.165) is 16.0 Å². The van der Waals surface area contributed by atoms with Crippen molar-refractivity contribution in [2.24, 2.45) is 0 Å². The third-order valence-electron chi connectivity index (χ3n) is 4.47. The summed E-state index contributed by atoms with van der Waals surface area (Å²) in [4.78, 5) is 26.7. The predicted molar refractivity (Wildman–Crippen MR) is 118 cm³/mol. The third kappa shape index (κ3) is 4.46. The van der Waals surface area contributed by atoms with Crippen LogP contribution in [-0.2, 0) is 4.74 Å². The van der Waals surface area contributed by atoms with E-state index in [1.165, 1.54) is 25.6 Å². The van der Waals surface area contributed by atoms with E-state index in [1.54, 1.807) is 25.1 Å². The van der Waals surface area contributed by atoms with Gasteiger partial charge in [0.25, 0.3) is 5.91 Å². The Bertz CT molecular complexity index is 1040. The first kappa shape index (κ1) is 21.4. The second kappa shape index (κ2) is 9.45. The minimum absolute atomic E-state index is 0.239. The lowest BCUT2D eigenvalue weighted by Crippen LogP contribution is -2.15. The molecule has 3 aromatic rings. The topological polar surface area (TPSA) is 73.9 Å². The molecule has 6 nitrogen and oxygen atoms in total. The molecule has 7 heteroatoms. The van der Waals surface area contributed by atoms with E-state index in [1.807, 2.05) is 37.3 Å². The van der Waals surface area contributed by atoms with Gasteiger partial charge >= 0.3 is 5.97 Å². The Morgan fingerprint density at radius 2 is 1.63 bits per heavy atom. The largest absolute Gasteiger partial charge is 0.497 e. The van der Waals surface area contributed by atoms with Gasteiger partial charge in [-0.05, 0) is 31.5 Å². The number of thiophene rings is 1. The molecule has 1 amide bonds. The number of aryl methyl sites for hydroxylation is 1. The Hall–Kier alpha value is -3.32. The molecular weight excluding hydrogens is 402 g/mol. The molecule has 0 spiro atoms. The smallest absolute Gasteiger partial charge is 0.341 e. The molecule has 0 saturated heterocycles. The van der Waals surface area contributed by atoms with Gasteiger partial charge in [-0.2, -0.15) is 0 Å². The van der Waals surface area contributed by atoms with Gasteiger partial charge in [-0.3, -0.25) is 4.79 Å². The molecule has 0 aliphatic rings. The van der Waals surface area contributed by atoms with Gasteiger partial charge < -0.3 is 19.5 Å². The maximum absolute atomic E-state index is 13.0. The number of rotatable bonds is 7. The van der Waals surface area contributed by atoms with Crippen LogP contribution in [0, 0.1) is 6.92 Å². The molecule has 0 radical (unpaired) electrons. The second-order valence-electron chi connectivity index (χ2n) is 6.38. The molecular formula is C23H23NO5S. The van der Waals surface area contributed by atoms with Crippen molar-refractivity contribution in [3.8, 4) is 22.6 Å². The van der Waals surface area contributed by atoms with Gasteiger partial charge in [-0.1, -0.05) is 30.3 Å². The van der Waals surface area contributed by atoms with Crippen molar-refractivity contribution in [2.75, 3.05) is 26.1 Å². The fourth-order valence-corrected chi connectivity index (χ4v) is 4.16. The number of methoxy groups -OCH3 is 2. The van der Waals surface area contributed by atoms with Crippen LogP contribution in [0.5, 0.6) is 11.5 Å². The maximum atomic E-state index is 13.0. The number of amides is 1. The summed E-state index contributed by atoms with van der Waals surface area (Å²) in [6.07, 6.45) is 0. The summed E-state index contributed by atoms with van der Waals surface area (Å²) >= 11 is 1.34. The average molecular weight is 426 g/mol. The van der Waals surface area contributed by atoms with Gasteiger partial charge in [0.15, 0.2) is 0 Å². The molecule has 1 aromatic heterocycles. The van der Waals surface area contributed by atoms with Crippen molar-refractivity contribution in [1.29, 1.82) is 0 Å². The SMILES string of the molecule is CCOC(=O)c1c(NC(=O)c2cc(OC)cc(OC)c2)sc(C)c1-c1ccccc1. The highest BCUT2D eigenvalue weighted by Gasteiger charge is 2.26. The zero-order valence-corrected chi connectivity index (χ0v) is 18.1. The van der Waals surface area contributed by atoms with Crippen molar-refractivity contribution in [2.45, 2.75) is 13.8 Å². The highest BCUT2D eigenvalue weighted by atomic mass is 32.1. The Kier molecular flexibility index (Phi) is 6.74.